The summed E-state index contributed by atoms with van der Waals surface area (Å²) in [7, 11) is 1.60. The summed E-state index contributed by atoms with van der Waals surface area (Å²) in [4.78, 5) is 28.2. The van der Waals surface area contributed by atoms with Gasteiger partial charge in [-0.25, -0.2) is 0 Å². The Morgan fingerprint density at radius 1 is 0.800 bits per heavy atom. The molecule has 3 aromatic rings. The second-order valence-corrected chi connectivity index (χ2v) is 8.10. The summed E-state index contributed by atoms with van der Waals surface area (Å²) < 4.78 is 0. The summed E-state index contributed by atoms with van der Waals surface area (Å²) in [6.07, 6.45) is 4.21. The summed E-state index contributed by atoms with van der Waals surface area (Å²) >= 11 is 0. The summed E-state index contributed by atoms with van der Waals surface area (Å²) in [6.45, 7) is 0. The van der Waals surface area contributed by atoms with Crippen molar-refractivity contribution < 1.29 is 9.59 Å². The van der Waals surface area contributed by atoms with Gasteiger partial charge in [-0.1, -0.05) is 84.9 Å². The quantitative estimate of drug-likeness (QED) is 0.590. The molecule has 0 fully saturated rings. The number of imide groups is 1. The molecule has 2 atom stereocenters. The third-order valence-corrected chi connectivity index (χ3v) is 6.72. The molecule has 0 saturated heterocycles. The van der Waals surface area contributed by atoms with Gasteiger partial charge in [-0.05, 0) is 39.5 Å². The lowest BCUT2D eigenvalue weighted by atomic mass is 9.46. The lowest BCUT2D eigenvalue weighted by molar-refractivity contribution is -0.133. The first-order chi connectivity index (χ1) is 14.7. The van der Waals surface area contributed by atoms with Crippen LogP contribution in [-0.2, 0) is 10.2 Å². The van der Waals surface area contributed by atoms with Gasteiger partial charge in [0.15, 0.2) is 0 Å². The normalized spacial score (nSPS) is 23.8. The molecule has 2 aliphatic carbocycles. The van der Waals surface area contributed by atoms with Crippen molar-refractivity contribution in [3.05, 3.63) is 113 Å². The van der Waals surface area contributed by atoms with Crippen molar-refractivity contribution in [2.45, 2.75) is 5.41 Å². The molecule has 30 heavy (non-hydrogen) atoms. The Hall–Kier alpha value is -3.72. The Balaban J connectivity index is 1.76. The van der Waals surface area contributed by atoms with Crippen LogP contribution in [0, 0.1) is 5.92 Å². The fourth-order valence-electron chi connectivity index (χ4n) is 5.52. The van der Waals surface area contributed by atoms with E-state index in [0.29, 0.717) is 5.56 Å². The smallest absolute Gasteiger partial charge is 0.260 e. The molecule has 144 valence electrons. The number of likely N-dealkylation sites (N-methyl/N-ethyl adjacent to an activating group) is 1. The molecule has 0 saturated carbocycles. The van der Waals surface area contributed by atoms with Crippen LogP contribution in [0.1, 0.15) is 32.6 Å². The van der Waals surface area contributed by atoms with E-state index < -0.39 is 5.41 Å². The van der Waals surface area contributed by atoms with Gasteiger partial charge < -0.3 is 0 Å². The molecule has 3 heteroatoms. The van der Waals surface area contributed by atoms with Gasteiger partial charge in [-0.15, -0.1) is 0 Å². The van der Waals surface area contributed by atoms with Crippen LogP contribution in [0.5, 0.6) is 0 Å². The monoisotopic (exact) mass is 389 g/mol. The number of nitrogens with zero attached hydrogens (tertiary/aromatic N) is 1. The molecule has 1 spiro atoms. The molecule has 3 aromatic carbocycles. The summed E-state index contributed by atoms with van der Waals surface area (Å²) in [5.41, 5.74) is 5.91. The van der Waals surface area contributed by atoms with Crippen molar-refractivity contribution in [1.29, 1.82) is 0 Å². The van der Waals surface area contributed by atoms with E-state index in [-0.39, 0.29) is 17.7 Å². The number of amides is 2. The highest BCUT2D eigenvalue weighted by Crippen LogP contribution is 2.66. The van der Waals surface area contributed by atoms with E-state index in [1.54, 1.807) is 7.05 Å². The average Bonchev–Trinajstić information content (AvgIpc) is 2.78. The predicted octanol–water partition coefficient (Wildman–Crippen LogP) is 4.80. The number of hydrogen-bond donors (Lipinski definition) is 0. The Labute approximate surface area is 175 Å². The molecule has 1 heterocycles. The van der Waals surface area contributed by atoms with Crippen LogP contribution in [0.4, 0.5) is 0 Å². The number of carbonyl (C=O) groups excluding carboxylic acids is 2. The molecule has 0 radical (unpaired) electrons. The predicted molar refractivity (Wildman–Crippen MR) is 117 cm³/mol. The molecule has 0 unspecified atom stereocenters. The molecule has 6 rings (SSSR count). The summed E-state index contributed by atoms with van der Waals surface area (Å²) in [5, 5.41) is 0. The largest absolute Gasteiger partial charge is 0.281 e. The van der Waals surface area contributed by atoms with Crippen molar-refractivity contribution in [2.24, 2.45) is 5.92 Å². The fraction of sp³-hybridized carbons (Fsp3) is 0.111. The van der Waals surface area contributed by atoms with Gasteiger partial charge in [0.2, 0.25) is 5.91 Å². The molecular formula is C27H19NO2. The molecule has 0 N–H and O–H groups in total. The van der Waals surface area contributed by atoms with Gasteiger partial charge >= 0.3 is 0 Å². The van der Waals surface area contributed by atoms with Crippen molar-refractivity contribution in [2.75, 3.05) is 7.05 Å². The maximum atomic E-state index is 13.9. The van der Waals surface area contributed by atoms with E-state index in [2.05, 4.69) is 36.4 Å². The topological polar surface area (TPSA) is 37.4 Å². The van der Waals surface area contributed by atoms with Crippen LogP contribution >= 0.6 is 0 Å². The Kier molecular flexibility index (Phi) is 3.37. The van der Waals surface area contributed by atoms with Crippen LogP contribution in [0.3, 0.4) is 0 Å². The lowest BCUT2D eigenvalue weighted by Gasteiger charge is -2.56. The molecular weight excluding hydrogens is 370 g/mol. The maximum Gasteiger partial charge on any atom is 0.260 e. The molecule has 3 aliphatic rings. The van der Waals surface area contributed by atoms with Gasteiger partial charge in [0.25, 0.3) is 5.91 Å². The molecule has 2 amide bonds. The Morgan fingerprint density at radius 2 is 1.47 bits per heavy atom. The lowest BCUT2D eigenvalue weighted by Crippen LogP contribution is -2.61. The molecule has 0 aromatic heterocycles. The number of allylic oxidation sites excluding steroid dienone is 2. The van der Waals surface area contributed by atoms with Crippen LogP contribution in [-0.4, -0.2) is 23.8 Å². The number of carbonyl (C=O) groups is 2. The van der Waals surface area contributed by atoms with Gasteiger partial charge in [0.1, 0.15) is 5.41 Å². The average molecular weight is 389 g/mol. The number of rotatable bonds is 2. The first-order valence-corrected chi connectivity index (χ1v) is 10.2. The molecule has 1 aliphatic heterocycles. The summed E-state index contributed by atoms with van der Waals surface area (Å²) in [6, 6.07) is 26.1. The maximum absolute atomic E-state index is 13.9. The van der Waals surface area contributed by atoms with E-state index in [4.69, 9.17) is 0 Å². The van der Waals surface area contributed by atoms with Gasteiger partial charge in [0.05, 0.1) is 0 Å². The minimum Gasteiger partial charge on any atom is -0.281 e. The van der Waals surface area contributed by atoms with Gasteiger partial charge in [-0.2, -0.15) is 0 Å². The third-order valence-electron chi connectivity index (χ3n) is 6.72. The Morgan fingerprint density at radius 3 is 2.17 bits per heavy atom. The van der Waals surface area contributed by atoms with E-state index >= 15 is 0 Å². The standard InChI is InChI=1S/C27H19NO2/c1-28-25(29)20-14-8-13-19-15-16-21-22(17-9-4-2-5-10-17)24(18-11-6-3-7-12-18)27(21,23(19)20)26(28)30/h2-16,21H,1H3/t21-,27-/m1/s1. The summed E-state index contributed by atoms with van der Waals surface area (Å²) in [5.74, 6) is -0.468. The van der Waals surface area contributed by atoms with E-state index in [1.165, 1.54) is 4.90 Å². The van der Waals surface area contributed by atoms with Gasteiger partial charge in [-0.3, -0.25) is 14.5 Å². The SMILES string of the molecule is CN1C(=O)c2cccc3c2[C@@]2(C1=O)C(c1ccccc1)=C(c1ccccc1)[C@H]2C=C3. The van der Waals surface area contributed by atoms with Crippen molar-refractivity contribution in [3.8, 4) is 0 Å². The Bertz CT molecular complexity index is 1290. The fourth-order valence-corrected chi connectivity index (χ4v) is 5.52. The highest BCUT2D eigenvalue weighted by molar-refractivity contribution is 6.26. The van der Waals surface area contributed by atoms with Crippen LogP contribution < -0.4 is 0 Å². The first-order valence-electron chi connectivity index (χ1n) is 10.2. The number of benzene rings is 3. The second-order valence-electron chi connectivity index (χ2n) is 8.10. The highest BCUT2D eigenvalue weighted by atomic mass is 16.2. The van der Waals surface area contributed by atoms with Crippen LogP contribution in [0.2, 0.25) is 0 Å². The zero-order chi connectivity index (χ0) is 20.5. The van der Waals surface area contributed by atoms with E-state index in [9.17, 15) is 9.59 Å². The van der Waals surface area contributed by atoms with E-state index in [1.807, 2.05) is 54.6 Å². The number of hydrogen-bond acceptors (Lipinski definition) is 2. The minimum atomic E-state index is -0.865. The third kappa shape index (κ3) is 1.90. The zero-order valence-electron chi connectivity index (χ0n) is 16.5. The van der Waals surface area contributed by atoms with Crippen molar-refractivity contribution in [3.63, 3.8) is 0 Å². The van der Waals surface area contributed by atoms with Crippen molar-refractivity contribution in [1.82, 2.24) is 4.90 Å². The second kappa shape index (κ2) is 5.90. The highest BCUT2D eigenvalue weighted by Gasteiger charge is 2.65. The zero-order valence-corrected chi connectivity index (χ0v) is 16.5. The minimum absolute atomic E-state index is 0.105. The molecule has 3 nitrogen and oxygen atoms in total. The van der Waals surface area contributed by atoms with Crippen LogP contribution in [0.25, 0.3) is 17.2 Å². The van der Waals surface area contributed by atoms with Crippen molar-refractivity contribution >= 4 is 29.0 Å². The molecule has 0 bridgehead atoms. The van der Waals surface area contributed by atoms with Gasteiger partial charge in [0, 0.05) is 18.5 Å². The first kappa shape index (κ1) is 17.2. The van der Waals surface area contributed by atoms with Crippen LogP contribution in [0.15, 0.2) is 84.9 Å². The van der Waals surface area contributed by atoms with E-state index in [0.717, 1.165) is 33.4 Å².